The Morgan fingerprint density at radius 2 is 2.06 bits per heavy atom. The summed E-state index contributed by atoms with van der Waals surface area (Å²) in [5.74, 6) is 0. The molecule has 0 saturated carbocycles. The molecular weight excluding hydrogens is 198 g/mol. The van der Waals surface area contributed by atoms with E-state index < -0.39 is 0 Å². The lowest BCUT2D eigenvalue weighted by Gasteiger charge is -2.19. The molecule has 1 atom stereocenters. The van der Waals surface area contributed by atoms with E-state index in [0.717, 1.165) is 24.9 Å². The molecule has 0 bridgehead atoms. The maximum atomic E-state index is 6.08. The molecular formula is C13H15N3. The smallest absolute Gasteiger partial charge is 0.0648 e. The van der Waals surface area contributed by atoms with Gasteiger partial charge in [0, 0.05) is 17.3 Å². The van der Waals surface area contributed by atoms with Crippen LogP contribution in [-0.4, -0.2) is 9.78 Å². The third kappa shape index (κ3) is 1.44. The first-order chi connectivity index (χ1) is 7.86. The number of para-hydroxylation sites is 1. The summed E-state index contributed by atoms with van der Waals surface area (Å²) in [5, 5.41) is 4.46. The predicted octanol–water partition coefficient (Wildman–Crippen LogP) is 2.21. The molecule has 16 heavy (non-hydrogen) atoms. The standard InChI is InChI=1S/C13H15N3/c14-12-7-4-8-13-11(12)9-15-16(13)10-5-2-1-3-6-10/h1-3,5-6,9,12H,4,7-8,14H2/t12-/m0/s1. The molecule has 0 radical (unpaired) electrons. The van der Waals surface area contributed by atoms with E-state index in [1.807, 2.05) is 29.1 Å². The van der Waals surface area contributed by atoms with E-state index in [0.29, 0.717) is 0 Å². The van der Waals surface area contributed by atoms with Crippen molar-refractivity contribution in [1.82, 2.24) is 9.78 Å². The number of hydrogen-bond donors (Lipinski definition) is 1. The molecule has 0 amide bonds. The Morgan fingerprint density at radius 3 is 2.88 bits per heavy atom. The second-order valence-electron chi connectivity index (χ2n) is 4.29. The van der Waals surface area contributed by atoms with Gasteiger partial charge >= 0.3 is 0 Å². The number of nitrogens with zero attached hydrogens (tertiary/aromatic N) is 2. The highest BCUT2D eigenvalue weighted by atomic mass is 15.3. The van der Waals surface area contributed by atoms with E-state index in [2.05, 4.69) is 17.2 Å². The van der Waals surface area contributed by atoms with Crippen LogP contribution in [0.3, 0.4) is 0 Å². The number of benzene rings is 1. The molecule has 3 nitrogen and oxygen atoms in total. The first-order valence-corrected chi connectivity index (χ1v) is 5.74. The first-order valence-electron chi connectivity index (χ1n) is 5.74. The van der Waals surface area contributed by atoms with Gasteiger partial charge < -0.3 is 5.73 Å². The third-order valence-corrected chi connectivity index (χ3v) is 3.23. The van der Waals surface area contributed by atoms with Gasteiger partial charge in [-0.25, -0.2) is 4.68 Å². The summed E-state index contributed by atoms with van der Waals surface area (Å²) in [6.07, 6.45) is 5.24. The summed E-state index contributed by atoms with van der Waals surface area (Å²) in [6, 6.07) is 10.4. The maximum Gasteiger partial charge on any atom is 0.0648 e. The van der Waals surface area contributed by atoms with Crippen LogP contribution in [0.5, 0.6) is 0 Å². The van der Waals surface area contributed by atoms with Gasteiger partial charge in [0.15, 0.2) is 0 Å². The average molecular weight is 213 g/mol. The number of fused-ring (bicyclic) bond motifs is 1. The molecule has 2 N–H and O–H groups in total. The second kappa shape index (κ2) is 3.76. The van der Waals surface area contributed by atoms with Crippen LogP contribution in [0.15, 0.2) is 36.5 Å². The van der Waals surface area contributed by atoms with Crippen molar-refractivity contribution in [2.45, 2.75) is 25.3 Å². The number of aromatic nitrogens is 2. The Hall–Kier alpha value is -1.61. The van der Waals surface area contributed by atoms with Crippen molar-refractivity contribution in [2.75, 3.05) is 0 Å². The minimum Gasteiger partial charge on any atom is -0.324 e. The van der Waals surface area contributed by atoms with Gasteiger partial charge in [-0.2, -0.15) is 5.10 Å². The lowest BCUT2D eigenvalue weighted by atomic mass is 9.94. The molecule has 3 rings (SSSR count). The van der Waals surface area contributed by atoms with Crippen molar-refractivity contribution in [3.05, 3.63) is 47.8 Å². The summed E-state index contributed by atoms with van der Waals surface area (Å²) in [5.41, 5.74) is 9.71. The van der Waals surface area contributed by atoms with Gasteiger partial charge in [0.25, 0.3) is 0 Å². The monoisotopic (exact) mass is 213 g/mol. The quantitative estimate of drug-likeness (QED) is 0.789. The fraction of sp³-hybridized carbons (Fsp3) is 0.308. The SMILES string of the molecule is N[C@H]1CCCc2c1cnn2-c1ccccc1. The molecule has 1 heterocycles. The highest BCUT2D eigenvalue weighted by molar-refractivity contribution is 5.36. The van der Waals surface area contributed by atoms with E-state index in [1.54, 1.807) is 0 Å². The summed E-state index contributed by atoms with van der Waals surface area (Å²) in [4.78, 5) is 0. The van der Waals surface area contributed by atoms with Crippen LogP contribution >= 0.6 is 0 Å². The summed E-state index contributed by atoms with van der Waals surface area (Å²) in [6.45, 7) is 0. The minimum absolute atomic E-state index is 0.168. The summed E-state index contributed by atoms with van der Waals surface area (Å²) >= 11 is 0. The Kier molecular flexibility index (Phi) is 2.26. The Morgan fingerprint density at radius 1 is 1.25 bits per heavy atom. The van der Waals surface area contributed by atoms with Crippen molar-refractivity contribution in [3.63, 3.8) is 0 Å². The van der Waals surface area contributed by atoms with Crippen LogP contribution in [-0.2, 0) is 6.42 Å². The van der Waals surface area contributed by atoms with Crippen LogP contribution in [0.25, 0.3) is 5.69 Å². The molecule has 0 aliphatic heterocycles. The van der Waals surface area contributed by atoms with Gasteiger partial charge in [-0.15, -0.1) is 0 Å². The molecule has 1 aromatic carbocycles. The van der Waals surface area contributed by atoms with Crippen LogP contribution in [0, 0.1) is 0 Å². The zero-order valence-corrected chi connectivity index (χ0v) is 9.13. The molecule has 1 aliphatic rings. The molecule has 0 unspecified atom stereocenters. The van der Waals surface area contributed by atoms with Gasteiger partial charge in [-0.3, -0.25) is 0 Å². The predicted molar refractivity (Wildman–Crippen MR) is 63.4 cm³/mol. The van der Waals surface area contributed by atoms with E-state index in [-0.39, 0.29) is 6.04 Å². The Labute approximate surface area is 94.9 Å². The molecule has 1 aliphatic carbocycles. The van der Waals surface area contributed by atoms with Crippen molar-refractivity contribution in [2.24, 2.45) is 5.73 Å². The minimum atomic E-state index is 0.168. The van der Waals surface area contributed by atoms with Gasteiger partial charge in [0.2, 0.25) is 0 Å². The highest BCUT2D eigenvalue weighted by Crippen LogP contribution is 2.28. The molecule has 0 saturated heterocycles. The van der Waals surface area contributed by atoms with Gasteiger partial charge in [0.1, 0.15) is 0 Å². The topological polar surface area (TPSA) is 43.8 Å². The number of nitrogens with two attached hydrogens (primary N) is 1. The summed E-state index contributed by atoms with van der Waals surface area (Å²) < 4.78 is 2.02. The maximum absolute atomic E-state index is 6.08. The molecule has 82 valence electrons. The van der Waals surface area contributed by atoms with Crippen LogP contribution in [0.4, 0.5) is 0 Å². The molecule has 0 spiro atoms. The van der Waals surface area contributed by atoms with Gasteiger partial charge in [-0.05, 0) is 31.4 Å². The van der Waals surface area contributed by atoms with Crippen molar-refractivity contribution in [1.29, 1.82) is 0 Å². The van der Waals surface area contributed by atoms with Crippen LogP contribution < -0.4 is 5.73 Å². The zero-order chi connectivity index (χ0) is 11.0. The van der Waals surface area contributed by atoms with Gasteiger partial charge in [0.05, 0.1) is 11.9 Å². The van der Waals surface area contributed by atoms with Crippen LogP contribution in [0.2, 0.25) is 0 Å². The molecule has 0 fully saturated rings. The molecule has 3 heteroatoms. The van der Waals surface area contributed by atoms with Crippen LogP contribution in [0.1, 0.15) is 30.1 Å². The fourth-order valence-corrected chi connectivity index (χ4v) is 2.38. The Bertz CT molecular complexity index is 487. The summed E-state index contributed by atoms with van der Waals surface area (Å²) in [7, 11) is 0. The van der Waals surface area contributed by atoms with E-state index in [1.165, 1.54) is 11.3 Å². The number of rotatable bonds is 1. The Balaban J connectivity index is 2.10. The second-order valence-corrected chi connectivity index (χ2v) is 4.29. The fourth-order valence-electron chi connectivity index (χ4n) is 2.38. The molecule has 2 aromatic rings. The molecule has 1 aromatic heterocycles. The van der Waals surface area contributed by atoms with E-state index in [9.17, 15) is 0 Å². The van der Waals surface area contributed by atoms with Crippen molar-refractivity contribution in [3.8, 4) is 5.69 Å². The zero-order valence-electron chi connectivity index (χ0n) is 9.13. The first kappa shape index (κ1) is 9.60. The van der Waals surface area contributed by atoms with Gasteiger partial charge in [-0.1, -0.05) is 18.2 Å². The highest BCUT2D eigenvalue weighted by Gasteiger charge is 2.21. The number of hydrogen-bond acceptors (Lipinski definition) is 2. The largest absolute Gasteiger partial charge is 0.324 e. The third-order valence-electron chi connectivity index (χ3n) is 3.23. The van der Waals surface area contributed by atoms with E-state index >= 15 is 0 Å². The van der Waals surface area contributed by atoms with Crippen molar-refractivity contribution < 1.29 is 0 Å². The van der Waals surface area contributed by atoms with Crippen molar-refractivity contribution >= 4 is 0 Å². The lowest BCUT2D eigenvalue weighted by Crippen LogP contribution is -2.17. The lowest BCUT2D eigenvalue weighted by molar-refractivity contribution is 0.558. The normalized spacial score (nSPS) is 19.4. The average Bonchev–Trinajstić information content (AvgIpc) is 2.75. The van der Waals surface area contributed by atoms with E-state index in [4.69, 9.17) is 5.73 Å².